The van der Waals surface area contributed by atoms with E-state index in [2.05, 4.69) is 27.9 Å². The highest BCUT2D eigenvalue weighted by Crippen LogP contribution is 2.27. The first-order valence-corrected chi connectivity index (χ1v) is 13.9. The molecule has 0 aromatic heterocycles. The largest absolute Gasteiger partial charge is 0.354 e. The third-order valence-corrected chi connectivity index (χ3v) is 7.47. The zero-order valence-electron chi connectivity index (χ0n) is 18.5. The number of anilines is 1. The highest BCUT2D eigenvalue weighted by Gasteiger charge is 2.30. The lowest BCUT2D eigenvalue weighted by atomic mass is 10.1. The van der Waals surface area contributed by atoms with E-state index in [-0.39, 0.29) is 12.5 Å². The van der Waals surface area contributed by atoms with Gasteiger partial charge in [-0.1, -0.05) is 36.2 Å². The van der Waals surface area contributed by atoms with Crippen molar-refractivity contribution in [2.75, 3.05) is 23.7 Å². The summed E-state index contributed by atoms with van der Waals surface area (Å²) in [6, 6.07) is 10.8. The Hall–Kier alpha value is -1.56. The minimum Gasteiger partial charge on any atom is -0.354 e. The molecule has 0 aliphatic rings. The van der Waals surface area contributed by atoms with E-state index in [9.17, 15) is 18.0 Å². The average molecular weight is 626 g/mol. The molecule has 0 saturated carbocycles. The van der Waals surface area contributed by atoms with Crippen molar-refractivity contribution in [3.63, 3.8) is 0 Å². The van der Waals surface area contributed by atoms with Crippen LogP contribution in [0.3, 0.4) is 0 Å². The smallest absolute Gasteiger partial charge is 0.244 e. The zero-order valence-corrected chi connectivity index (χ0v) is 23.0. The van der Waals surface area contributed by atoms with Crippen LogP contribution in [0.2, 0.25) is 10.0 Å². The Bertz CT molecular complexity index is 1080. The van der Waals surface area contributed by atoms with Crippen LogP contribution in [0.25, 0.3) is 0 Å². The van der Waals surface area contributed by atoms with Crippen molar-refractivity contribution in [3.8, 4) is 0 Å². The van der Waals surface area contributed by atoms with Crippen LogP contribution in [0.4, 0.5) is 5.69 Å². The maximum absolute atomic E-state index is 13.4. The molecule has 2 aromatic carbocycles. The molecule has 0 saturated heterocycles. The van der Waals surface area contributed by atoms with Gasteiger partial charge in [-0.25, -0.2) is 8.42 Å². The van der Waals surface area contributed by atoms with Crippen molar-refractivity contribution < 1.29 is 18.0 Å². The molecule has 1 N–H and O–H groups in total. The first-order chi connectivity index (χ1) is 15.5. The molecular formula is C22H26Cl2IN3O4S. The molecule has 0 spiro atoms. The summed E-state index contributed by atoms with van der Waals surface area (Å²) >= 11 is 14.7. The maximum Gasteiger partial charge on any atom is 0.244 e. The van der Waals surface area contributed by atoms with Crippen molar-refractivity contribution in [1.82, 2.24) is 10.2 Å². The number of benzene rings is 2. The molecule has 2 rings (SSSR count). The van der Waals surface area contributed by atoms with E-state index in [0.717, 1.165) is 20.6 Å². The van der Waals surface area contributed by atoms with Gasteiger partial charge < -0.3 is 10.2 Å². The monoisotopic (exact) mass is 625 g/mol. The van der Waals surface area contributed by atoms with Crippen molar-refractivity contribution in [2.45, 2.75) is 32.9 Å². The fourth-order valence-electron chi connectivity index (χ4n) is 3.05. The Morgan fingerprint density at radius 3 is 2.18 bits per heavy atom. The van der Waals surface area contributed by atoms with E-state index in [1.165, 1.54) is 4.90 Å². The highest BCUT2D eigenvalue weighted by molar-refractivity contribution is 14.1. The van der Waals surface area contributed by atoms with Crippen molar-refractivity contribution >= 4 is 73.3 Å². The summed E-state index contributed by atoms with van der Waals surface area (Å²) in [5, 5.41) is 3.47. The van der Waals surface area contributed by atoms with E-state index >= 15 is 0 Å². The molecule has 0 aliphatic carbocycles. The summed E-state index contributed by atoms with van der Waals surface area (Å²) in [5.74, 6) is -0.914. The SMILES string of the molecule is CCCNC(=O)[C@H](C)N(Cc1c(Cl)cccc1Cl)C(=O)CN(c1ccc(I)cc1)S(C)(=O)=O. The van der Waals surface area contributed by atoms with Gasteiger partial charge in [0.15, 0.2) is 0 Å². The van der Waals surface area contributed by atoms with Crippen LogP contribution < -0.4 is 9.62 Å². The van der Waals surface area contributed by atoms with Gasteiger partial charge in [-0.2, -0.15) is 0 Å². The quantitative estimate of drug-likeness (QED) is 0.399. The predicted molar refractivity (Wildman–Crippen MR) is 141 cm³/mol. The van der Waals surface area contributed by atoms with Crippen LogP contribution in [0.15, 0.2) is 42.5 Å². The molecule has 0 radical (unpaired) electrons. The van der Waals surface area contributed by atoms with Crippen LogP contribution in [0.1, 0.15) is 25.8 Å². The minimum atomic E-state index is -3.78. The number of nitrogens with one attached hydrogen (secondary N) is 1. The summed E-state index contributed by atoms with van der Waals surface area (Å²) in [5.41, 5.74) is 0.828. The molecule has 7 nitrogen and oxygen atoms in total. The average Bonchev–Trinajstić information content (AvgIpc) is 2.75. The molecule has 2 aromatic rings. The standard InChI is InChI=1S/C22H26Cl2IN3O4S/c1-4-12-26-22(30)15(2)27(13-18-19(23)6-5-7-20(18)24)21(29)14-28(33(3,31)32)17-10-8-16(25)9-11-17/h5-11,15H,4,12-14H2,1-3H3,(H,26,30)/t15-/m0/s1. The lowest BCUT2D eigenvalue weighted by molar-refractivity contribution is -0.139. The van der Waals surface area contributed by atoms with Gasteiger partial charge in [0.1, 0.15) is 12.6 Å². The van der Waals surface area contributed by atoms with E-state index in [1.54, 1.807) is 49.4 Å². The zero-order chi connectivity index (χ0) is 24.8. The fourth-order valence-corrected chi connectivity index (χ4v) is 4.78. The molecule has 0 bridgehead atoms. The van der Waals surface area contributed by atoms with Crippen molar-refractivity contribution in [1.29, 1.82) is 0 Å². The number of amides is 2. The Morgan fingerprint density at radius 2 is 1.67 bits per heavy atom. The maximum atomic E-state index is 13.4. The van der Waals surface area contributed by atoms with Gasteiger partial charge in [0, 0.05) is 32.3 Å². The van der Waals surface area contributed by atoms with E-state index < -0.39 is 28.5 Å². The summed E-state index contributed by atoms with van der Waals surface area (Å²) in [6.45, 7) is 3.43. The molecule has 11 heteroatoms. The number of carbonyl (C=O) groups is 2. The Kier molecular flexibility index (Phi) is 10.3. The number of hydrogen-bond acceptors (Lipinski definition) is 4. The van der Waals surface area contributed by atoms with Crippen LogP contribution in [0.5, 0.6) is 0 Å². The number of hydrogen-bond donors (Lipinski definition) is 1. The van der Waals surface area contributed by atoms with Gasteiger partial charge in [0.05, 0.1) is 11.9 Å². The first kappa shape index (κ1) is 27.7. The number of sulfonamides is 1. The molecule has 0 heterocycles. The van der Waals surface area contributed by atoms with Crippen LogP contribution >= 0.6 is 45.8 Å². The van der Waals surface area contributed by atoms with Gasteiger partial charge in [-0.3, -0.25) is 13.9 Å². The highest BCUT2D eigenvalue weighted by atomic mass is 127. The Balaban J connectivity index is 2.42. The van der Waals surface area contributed by atoms with Crippen LogP contribution in [-0.4, -0.2) is 50.5 Å². The van der Waals surface area contributed by atoms with E-state index in [0.29, 0.717) is 27.8 Å². The topological polar surface area (TPSA) is 86.8 Å². The third kappa shape index (κ3) is 7.73. The second kappa shape index (κ2) is 12.2. The van der Waals surface area contributed by atoms with Gasteiger partial charge in [-0.15, -0.1) is 0 Å². The number of nitrogens with zero attached hydrogens (tertiary/aromatic N) is 2. The van der Waals surface area contributed by atoms with Gasteiger partial charge >= 0.3 is 0 Å². The summed E-state index contributed by atoms with van der Waals surface area (Å²) in [4.78, 5) is 27.4. The summed E-state index contributed by atoms with van der Waals surface area (Å²) < 4.78 is 27.0. The summed E-state index contributed by atoms with van der Waals surface area (Å²) in [7, 11) is -3.78. The van der Waals surface area contributed by atoms with Gasteiger partial charge in [0.25, 0.3) is 0 Å². The number of rotatable bonds is 10. The molecular weight excluding hydrogens is 600 g/mol. The number of halogens is 3. The van der Waals surface area contributed by atoms with E-state index in [4.69, 9.17) is 23.2 Å². The van der Waals surface area contributed by atoms with Crippen molar-refractivity contribution in [3.05, 3.63) is 61.6 Å². The normalized spacial score (nSPS) is 12.2. The second-order valence-corrected chi connectivity index (χ2v) is 11.4. The number of carbonyl (C=O) groups excluding carboxylic acids is 2. The third-order valence-electron chi connectivity index (χ3n) is 4.90. The fraction of sp³-hybridized carbons (Fsp3) is 0.364. The summed E-state index contributed by atoms with van der Waals surface area (Å²) in [6.07, 6.45) is 1.77. The molecule has 0 aliphatic heterocycles. The lowest BCUT2D eigenvalue weighted by Gasteiger charge is -2.32. The minimum absolute atomic E-state index is 0.0532. The Morgan fingerprint density at radius 1 is 1.09 bits per heavy atom. The molecule has 33 heavy (non-hydrogen) atoms. The second-order valence-electron chi connectivity index (χ2n) is 7.43. The predicted octanol–water partition coefficient (Wildman–Crippen LogP) is 4.31. The van der Waals surface area contributed by atoms with Gasteiger partial charge in [-0.05, 0) is 72.3 Å². The molecule has 0 unspecified atom stereocenters. The molecule has 1 atom stereocenters. The van der Waals surface area contributed by atoms with Crippen molar-refractivity contribution in [2.24, 2.45) is 0 Å². The van der Waals surface area contributed by atoms with Gasteiger partial charge in [0.2, 0.25) is 21.8 Å². The molecule has 180 valence electrons. The van der Waals surface area contributed by atoms with Crippen LogP contribution in [-0.2, 0) is 26.2 Å². The Labute approximate surface area is 218 Å². The molecule has 0 fully saturated rings. The lowest BCUT2D eigenvalue weighted by Crippen LogP contribution is -2.51. The first-order valence-electron chi connectivity index (χ1n) is 10.2. The molecule has 2 amide bonds. The van der Waals surface area contributed by atoms with Crippen LogP contribution in [0, 0.1) is 3.57 Å². The van der Waals surface area contributed by atoms with E-state index in [1.807, 2.05) is 6.92 Å².